The van der Waals surface area contributed by atoms with Crippen LogP contribution in [0.1, 0.15) is 33.3 Å². The summed E-state index contributed by atoms with van der Waals surface area (Å²) in [6.45, 7) is 7.04. The first-order valence-corrected chi connectivity index (χ1v) is 9.13. The molecule has 0 bridgehead atoms. The Labute approximate surface area is 159 Å². The highest BCUT2D eigenvalue weighted by molar-refractivity contribution is 7.99. The number of alkyl halides is 3. The minimum Gasteiger partial charge on any atom is -0.353 e. The zero-order chi connectivity index (χ0) is 20.1. The van der Waals surface area contributed by atoms with E-state index in [-0.39, 0.29) is 28.4 Å². The molecule has 0 aliphatic rings. The van der Waals surface area contributed by atoms with Gasteiger partial charge in [0, 0.05) is 23.9 Å². The number of nitrogens with one attached hydrogen (secondary N) is 2. The van der Waals surface area contributed by atoms with Gasteiger partial charge in [-0.3, -0.25) is 9.59 Å². The zero-order valence-corrected chi connectivity index (χ0v) is 16.4. The molecule has 0 radical (unpaired) electrons. The fraction of sp³-hybridized carbons (Fsp3) is 0.562. The summed E-state index contributed by atoms with van der Waals surface area (Å²) >= 11 is 6.93. The van der Waals surface area contributed by atoms with Crippen molar-refractivity contribution in [1.29, 1.82) is 0 Å². The van der Waals surface area contributed by atoms with Crippen molar-refractivity contribution in [2.45, 2.75) is 44.9 Å². The van der Waals surface area contributed by atoms with Crippen molar-refractivity contribution in [3.05, 3.63) is 22.8 Å². The van der Waals surface area contributed by atoms with E-state index in [1.807, 2.05) is 0 Å². The highest BCUT2D eigenvalue weighted by Gasteiger charge is 2.31. The van der Waals surface area contributed by atoms with Gasteiger partial charge in [0.25, 0.3) is 0 Å². The third-order valence-corrected chi connectivity index (χ3v) is 4.60. The number of carbonyl (C=O) groups is 2. The number of nitrogens with zero attached hydrogens (tertiary/aromatic N) is 1. The molecular weight excluding hydrogens is 391 g/mol. The molecule has 0 fully saturated rings. The summed E-state index contributed by atoms with van der Waals surface area (Å²) in [6, 6.07) is 0.124. The van der Waals surface area contributed by atoms with Crippen LogP contribution >= 0.6 is 23.4 Å². The Kier molecular flexibility index (Phi) is 7.76. The molecule has 2 amide bonds. The van der Waals surface area contributed by atoms with Crippen LogP contribution in [0.25, 0.3) is 0 Å². The number of rotatable bonds is 6. The molecule has 26 heavy (non-hydrogen) atoms. The second-order valence-corrected chi connectivity index (χ2v) is 8.08. The fourth-order valence-corrected chi connectivity index (χ4v) is 2.69. The van der Waals surface area contributed by atoms with E-state index >= 15 is 0 Å². The topological polar surface area (TPSA) is 71.1 Å². The molecule has 1 heterocycles. The summed E-state index contributed by atoms with van der Waals surface area (Å²) in [5.41, 5.74) is -1.52. The predicted molar refractivity (Wildman–Crippen MR) is 95.0 cm³/mol. The maximum absolute atomic E-state index is 12.6. The number of halogens is 4. The molecule has 1 rings (SSSR count). The Bertz CT molecular complexity index is 663. The first kappa shape index (κ1) is 22.6. The van der Waals surface area contributed by atoms with E-state index < -0.39 is 23.2 Å². The van der Waals surface area contributed by atoms with Gasteiger partial charge in [-0.25, -0.2) is 4.98 Å². The molecule has 1 unspecified atom stereocenters. The maximum Gasteiger partial charge on any atom is 0.417 e. The second-order valence-electron chi connectivity index (χ2n) is 6.59. The fourth-order valence-electron chi connectivity index (χ4n) is 1.64. The first-order valence-electron chi connectivity index (χ1n) is 7.76. The molecule has 0 aromatic carbocycles. The van der Waals surface area contributed by atoms with Gasteiger partial charge in [-0.15, -0.1) is 11.8 Å². The van der Waals surface area contributed by atoms with Crippen molar-refractivity contribution in [3.8, 4) is 0 Å². The van der Waals surface area contributed by atoms with Crippen LogP contribution in [0.2, 0.25) is 5.02 Å². The lowest BCUT2D eigenvalue weighted by Gasteiger charge is -2.21. The predicted octanol–water partition coefficient (Wildman–Crippen LogP) is 3.51. The van der Waals surface area contributed by atoms with Crippen LogP contribution in [0, 0.1) is 5.41 Å². The van der Waals surface area contributed by atoms with Gasteiger partial charge in [0.2, 0.25) is 11.8 Å². The van der Waals surface area contributed by atoms with Crippen molar-refractivity contribution in [2.75, 3.05) is 12.3 Å². The Morgan fingerprint density at radius 1 is 1.31 bits per heavy atom. The molecule has 146 valence electrons. The van der Waals surface area contributed by atoms with Crippen LogP contribution in [0.15, 0.2) is 17.3 Å². The van der Waals surface area contributed by atoms with Gasteiger partial charge in [-0.05, 0) is 13.0 Å². The van der Waals surface area contributed by atoms with E-state index in [1.165, 1.54) is 0 Å². The van der Waals surface area contributed by atoms with Crippen LogP contribution in [-0.2, 0) is 15.8 Å². The Balaban J connectivity index is 2.45. The van der Waals surface area contributed by atoms with Gasteiger partial charge in [0.15, 0.2) is 0 Å². The lowest BCUT2D eigenvalue weighted by molar-refractivity contribution is -0.137. The molecule has 0 saturated carbocycles. The molecular formula is C16H21ClF3N3O2S. The average Bonchev–Trinajstić information content (AvgIpc) is 2.50. The number of carbonyl (C=O) groups excluding carboxylic acids is 2. The van der Waals surface area contributed by atoms with E-state index in [0.29, 0.717) is 5.75 Å². The van der Waals surface area contributed by atoms with Crippen molar-refractivity contribution in [1.82, 2.24) is 15.6 Å². The van der Waals surface area contributed by atoms with Crippen molar-refractivity contribution >= 4 is 35.2 Å². The summed E-state index contributed by atoms with van der Waals surface area (Å²) in [7, 11) is 0. The van der Waals surface area contributed by atoms with Crippen LogP contribution in [-0.4, -0.2) is 35.1 Å². The van der Waals surface area contributed by atoms with Gasteiger partial charge < -0.3 is 10.6 Å². The standard InChI is InChI=1S/C16H21ClF3N3O2S/c1-9(23-14(25)15(2,3)4)12(24)21-5-6-26-13-11(17)7-10(8-22-13)16(18,19)20/h7-9H,5-6H2,1-4H3,(H,21,24)(H,23,25). The molecule has 0 saturated heterocycles. The highest BCUT2D eigenvalue weighted by Crippen LogP contribution is 2.33. The molecule has 1 atom stereocenters. The van der Waals surface area contributed by atoms with Gasteiger partial charge in [0.1, 0.15) is 11.1 Å². The molecule has 5 nitrogen and oxygen atoms in total. The highest BCUT2D eigenvalue weighted by atomic mass is 35.5. The van der Waals surface area contributed by atoms with Gasteiger partial charge in [-0.2, -0.15) is 13.2 Å². The summed E-state index contributed by atoms with van der Waals surface area (Å²) in [5, 5.41) is 5.41. The van der Waals surface area contributed by atoms with Crippen LogP contribution in [0.5, 0.6) is 0 Å². The SMILES string of the molecule is CC(NC(=O)C(C)(C)C)C(=O)NCCSc1ncc(C(F)(F)F)cc1Cl. The maximum atomic E-state index is 12.6. The number of aromatic nitrogens is 1. The Morgan fingerprint density at radius 2 is 1.92 bits per heavy atom. The molecule has 1 aromatic heterocycles. The summed E-state index contributed by atoms with van der Waals surface area (Å²) < 4.78 is 37.7. The normalized spacial score (nSPS) is 13.2. The van der Waals surface area contributed by atoms with Gasteiger partial charge >= 0.3 is 6.18 Å². The second kappa shape index (κ2) is 8.94. The number of amides is 2. The third kappa shape index (κ3) is 7.03. The van der Waals surface area contributed by atoms with Crippen molar-refractivity contribution < 1.29 is 22.8 Å². The van der Waals surface area contributed by atoms with E-state index in [1.54, 1.807) is 27.7 Å². The summed E-state index contributed by atoms with van der Waals surface area (Å²) in [5.74, 6) is -0.228. The van der Waals surface area contributed by atoms with Gasteiger partial charge in [0.05, 0.1) is 10.6 Å². The number of pyridine rings is 1. The van der Waals surface area contributed by atoms with Gasteiger partial charge in [-0.1, -0.05) is 32.4 Å². The first-order chi connectivity index (χ1) is 11.8. The van der Waals surface area contributed by atoms with E-state index in [9.17, 15) is 22.8 Å². The molecule has 0 spiro atoms. The molecule has 10 heteroatoms. The van der Waals surface area contributed by atoms with Crippen molar-refractivity contribution in [3.63, 3.8) is 0 Å². The molecule has 0 aliphatic carbocycles. The Hall–Kier alpha value is -1.48. The largest absolute Gasteiger partial charge is 0.417 e. The van der Waals surface area contributed by atoms with E-state index in [0.717, 1.165) is 24.0 Å². The van der Waals surface area contributed by atoms with E-state index in [4.69, 9.17) is 11.6 Å². The van der Waals surface area contributed by atoms with E-state index in [2.05, 4.69) is 15.6 Å². The van der Waals surface area contributed by atoms with Crippen LogP contribution < -0.4 is 10.6 Å². The summed E-state index contributed by atoms with van der Waals surface area (Å²) in [4.78, 5) is 27.5. The van der Waals surface area contributed by atoms with Crippen molar-refractivity contribution in [2.24, 2.45) is 5.41 Å². The lowest BCUT2D eigenvalue weighted by atomic mass is 9.95. The number of hydrogen-bond donors (Lipinski definition) is 2. The minimum atomic E-state index is -4.50. The average molecular weight is 412 g/mol. The summed E-state index contributed by atoms with van der Waals surface area (Å²) in [6.07, 6.45) is -3.78. The Morgan fingerprint density at radius 3 is 2.42 bits per heavy atom. The smallest absolute Gasteiger partial charge is 0.353 e. The molecule has 2 N–H and O–H groups in total. The van der Waals surface area contributed by atoms with Crippen LogP contribution in [0.3, 0.4) is 0 Å². The lowest BCUT2D eigenvalue weighted by Crippen LogP contribution is -2.48. The molecule has 1 aromatic rings. The number of thioether (sulfide) groups is 1. The van der Waals surface area contributed by atoms with Crippen LogP contribution in [0.4, 0.5) is 13.2 Å². The third-order valence-electron chi connectivity index (χ3n) is 3.20. The number of hydrogen-bond acceptors (Lipinski definition) is 4. The molecule has 0 aliphatic heterocycles. The quantitative estimate of drug-likeness (QED) is 0.555. The zero-order valence-electron chi connectivity index (χ0n) is 14.8. The monoisotopic (exact) mass is 411 g/mol. The minimum absolute atomic E-state index is 0.0954.